The van der Waals surface area contributed by atoms with E-state index in [0.717, 1.165) is 23.3 Å². The molecule has 1 radical (unpaired) electrons. The van der Waals surface area contributed by atoms with Gasteiger partial charge in [-0.2, -0.15) is 0 Å². The summed E-state index contributed by atoms with van der Waals surface area (Å²) in [5.41, 5.74) is 1.96. The van der Waals surface area contributed by atoms with Crippen molar-refractivity contribution < 1.29 is 40.9 Å². The van der Waals surface area contributed by atoms with E-state index in [1.54, 1.807) is 6.07 Å². The van der Waals surface area contributed by atoms with E-state index in [2.05, 4.69) is 14.8 Å². The van der Waals surface area contributed by atoms with Gasteiger partial charge in [0.25, 0.3) is 0 Å². The second kappa shape index (κ2) is 7.42. The van der Waals surface area contributed by atoms with Gasteiger partial charge < -0.3 is 14.8 Å². The summed E-state index contributed by atoms with van der Waals surface area (Å²) in [5, 5.41) is 14.7. The van der Waals surface area contributed by atoms with Crippen molar-refractivity contribution in [3.63, 3.8) is 0 Å². The Kier molecular flexibility index (Phi) is 5.33. The molecule has 10 heteroatoms. The van der Waals surface area contributed by atoms with E-state index < -0.39 is 24.2 Å². The molecule has 2 aromatic rings. The van der Waals surface area contributed by atoms with Crippen LogP contribution in [-0.4, -0.2) is 19.3 Å². The van der Waals surface area contributed by atoms with Crippen molar-refractivity contribution in [2.24, 2.45) is 0 Å². The second-order valence-electron chi connectivity index (χ2n) is 6.20. The minimum absolute atomic E-state index is 0.145. The highest BCUT2D eigenvalue weighted by molar-refractivity contribution is 5.45. The van der Waals surface area contributed by atoms with Gasteiger partial charge in [-0.3, -0.25) is 5.11 Å². The Balaban J connectivity index is 1.88. The van der Waals surface area contributed by atoms with Gasteiger partial charge in [-0.25, -0.2) is 0 Å². The minimum Gasteiger partial charge on any atom is -0.402 e. The first-order chi connectivity index (χ1) is 13.0. The Morgan fingerprint density at radius 2 is 1.61 bits per heavy atom. The Hall–Kier alpha value is -2.62. The zero-order valence-electron chi connectivity index (χ0n) is 14.2. The molecule has 2 aromatic carbocycles. The van der Waals surface area contributed by atoms with Gasteiger partial charge in [0, 0.05) is 6.04 Å². The van der Waals surface area contributed by atoms with Gasteiger partial charge in [-0.05, 0) is 60.3 Å². The minimum atomic E-state index is -5.18. The monoisotopic (exact) mass is 406 g/mol. The molecular formula is C18H14F6NO3. The Morgan fingerprint density at radius 1 is 0.929 bits per heavy atom. The highest BCUT2D eigenvalue weighted by Crippen LogP contribution is 2.37. The molecule has 1 aliphatic heterocycles. The van der Waals surface area contributed by atoms with E-state index in [-0.39, 0.29) is 18.2 Å². The van der Waals surface area contributed by atoms with E-state index >= 15 is 0 Å². The summed E-state index contributed by atoms with van der Waals surface area (Å²) >= 11 is 0. The molecule has 0 bridgehead atoms. The highest BCUT2D eigenvalue weighted by Gasteiger charge is 2.36. The third-order valence-corrected chi connectivity index (χ3v) is 4.17. The molecule has 3 rings (SSSR count). The summed E-state index contributed by atoms with van der Waals surface area (Å²) in [5.74, 6) is -2.30. The fourth-order valence-corrected chi connectivity index (χ4v) is 3.14. The zero-order chi connectivity index (χ0) is 20.5. The molecule has 0 saturated carbocycles. The maximum absolute atomic E-state index is 12.6. The first-order valence-corrected chi connectivity index (χ1v) is 8.18. The van der Waals surface area contributed by atoms with E-state index in [1.165, 1.54) is 18.2 Å². The van der Waals surface area contributed by atoms with Crippen molar-refractivity contribution in [1.82, 2.24) is 5.32 Å². The molecular weight excluding hydrogens is 392 g/mol. The van der Waals surface area contributed by atoms with Crippen LogP contribution in [0.15, 0.2) is 36.4 Å². The molecule has 0 aliphatic carbocycles. The summed E-state index contributed by atoms with van der Waals surface area (Å²) in [6, 6.07) is 7.11. The molecule has 1 atom stereocenters. The van der Waals surface area contributed by atoms with Crippen LogP contribution in [0, 0.1) is 0 Å². The number of benzene rings is 2. The predicted molar refractivity (Wildman–Crippen MR) is 84.5 cm³/mol. The standard InChI is InChI=1S/C18H14F6NO3/c19-17(20,21)27-15-4-1-10(8-16(15)28-18(22,23)24)7-14-13-3-2-12(26)9-11(13)5-6-25-14/h1-4,8-9,14,25H,5-7H2. The van der Waals surface area contributed by atoms with Crippen LogP contribution in [0.4, 0.5) is 26.3 Å². The largest absolute Gasteiger partial charge is 0.573 e. The van der Waals surface area contributed by atoms with Crippen molar-refractivity contribution in [3.05, 3.63) is 53.1 Å². The van der Waals surface area contributed by atoms with Crippen LogP contribution in [-0.2, 0) is 17.9 Å². The summed E-state index contributed by atoms with van der Waals surface area (Å²) < 4.78 is 82.4. The second-order valence-corrected chi connectivity index (χ2v) is 6.20. The van der Waals surface area contributed by atoms with Crippen LogP contribution in [0.3, 0.4) is 0 Å². The fraction of sp³-hybridized carbons (Fsp3) is 0.333. The van der Waals surface area contributed by atoms with E-state index in [1.807, 2.05) is 0 Å². The van der Waals surface area contributed by atoms with Gasteiger partial charge in [0.15, 0.2) is 17.2 Å². The lowest BCUT2D eigenvalue weighted by atomic mass is 9.90. The van der Waals surface area contributed by atoms with Gasteiger partial charge >= 0.3 is 12.7 Å². The highest BCUT2D eigenvalue weighted by atomic mass is 19.4. The van der Waals surface area contributed by atoms with Gasteiger partial charge in [0.05, 0.1) is 0 Å². The normalized spacial score (nSPS) is 17.1. The molecule has 1 aliphatic rings. The molecule has 0 spiro atoms. The van der Waals surface area contributed by atoms with Crippen molar-refractivity contribution in [2.45, 2.75) is 31.6 Å². The molecule has 4 nitrogen and oxygen atoms in total. The quantitative estimate of drug-likeness (QED) is 0.723. The maximum Gasteiger partial charge on any atom is 0.573 e. The van der Waals surface area contributed by atoms with Crippen molar-refractivity contribution in [3.8, 4) is 17.2 Å². The molecule has 0 saturated heterocycles. The van der Waals surface area contributed by atoms with Crippen LogP contribution in [0.1, 0.15) is 22.7 Å². The van der Waals surface area contributed by atoms with Crippen LogP contribution >= 0.6 is 0 Å². The average molecular weight is 406 g/mol. The lowest BCUT2D eigenvalue weighted by Gasteiger charge is -2.27. The molecule has 1 heterocycles. The SMILES string of the molecule is [O]c1ccc2c(c1)CCNC2Cc1ccc(OC(F)(F)F)c(OC(F)(F)F)c1. The Morgan fingerprint density at radius 3 is 2.29 bits per heavy atom. The number of alkyl halides is 6. The van der Waals surface area contributed by atoms with Gasteiger partial charge in [0.1, 0.15) is 0 Å². The smallest absolute Gasteiger partial charge is 0.402 e. The third kappa shape index (κ3) is 5.22. The third-order valence-electron chi connectivity index (χ3n) is 4.17. The summed E-state index contributed by atoms with van der Waals surface area (Å²) in [6.45, 7) is 0.558. The van der Waals surface area contributed by atoms with Gasteiger partial charge in [-0.15, -0.1) is 26.3 Å². The van der Waals surface area contributed by atoms with Crippen LogP contribution in [0.2, 0.25) is 0 Å². The number of ether oxygens (including phenoxy) is 2. The molecule has 151 valence electrons. The van der Waals surface area contributed by atoms with Crippen molar-refractivity contribution in [1.29, 1.82) is 0 Å². The molecule has 28 heavy (non-hydrogen) atoms. The summed E-state index contributed by atoms with van der Waals surface area (Å²) in [6.07, 6.45) is -9.53. The molecule has 0 fully saturated rings. The lowest BCUT2D eigenvalue weighted by molar-refractivity contribution is -0.287. The molecule has 0 amide bonds. The summed E-state index contributed by atoms with van der Waals surface area (Å²) in [4.78, 5) is 0. The number of fused-ring (bicyclic) bond motifs is 1. The van der Waals surface area contributed by atoms with Gasteiger partial charge in [-0.1, -0.05) is 12.1 Å². The number of hydrogen-bond acceptors (Lipinski definition) is 3. The van der Waals surface area contributed by atoms with Crippen molar-refractivity contribution in [2.75, 3.05) is 6.54 Å². The number of halogens is 6. The summed E-state index contributed by atoms with van der Waals surface area (Å²) in [7, 11) is 0. The molecule has 1 N–H and O–H groups in total. The Bertz CT molecular complexity index is 850. The van der Waals surface area contributed by atoms with E-state index in [4.69, 9.17) is 0 Å². The first kappa shape index (κ1) is 20.1. The first-order valence-electron chi connectivity index (χ1n) is 8.18. The van der Waals surface area contributed by atoms with Crippen LogP contribution in [0.5, 0.6) is 17.2 Å². The van der Waals surface area contributed by atoms with Crippen molar-refractivity contribution >= 4 is 0 Å². The van der Waals surface area contributed by atoms with Crippen LogP contribution < -0.4 is 14.8 Å². The Labute approximate surface area is 155 Å². The number of hydrogen-bond donors (Lipinski definition) is 1. The lowest BCUT2D eigenvalue weighted by Crippen LogP contribution is -2.31. The average Bonchev–Trinajstić information content (AvgIpc) is 2.54. The maximum atomic E-state index is 12.6. The van der Waals surface area contributed by atoms with Crippen LogP contribution in [0.25, 0.3) is 0 Å². The fourth-order valence-electron chi connectivity index (χ4n) is 3.14. The number of nitrogens with one attached hydrogen (secondary N) is 1. The van der Waals surface area contributed by atoms with E-state index in [0.29, 0.717) is 18.5 Å². The van der Waals surface area contributed by atoms with E-state index in [9.17, 15) is 31.4 Å². The number of rotatable bonds is 4. The van der Waals surface area contributed by atoms with Gasteiger partial charge in [0.2, 0.25) is 0 Å². The zero-order valence-corrected chi connectivity index (χ0v) is 14.2. The molecule has 1 unspecified atom stereocenters. The topological polar surface area (TPSA) is 50.4 Å². The molecule has 0 aromatic heterocycles. The predicted octanol–water partition coefficient (Wildman–Crippen LogP) is 5.06.